The molecule has 1 unspecified atom stereocenters. The second-order valence-corrected chi connectivity index (χ2v) is 8.66. The fraction of sp³-hybridized carbons (Fsp3) is 0.227. The summed E-state index contributed by atoms with van der Waals surface area (Å²) in [5.74, 6) is 1.05. The van der Waals surface area contributed by atoms with Gasteiger partial charge >= 0.3 is 0 Å². The van der Waals surface area contributed by atoms with E-state index in [9.17, 15) is 13.0 Å². The van der Waals surface area contributed by atoms with Crippen molar-refractivity contribution in [3.8, 4) is 22.8 Å². The van der Waals surface area contributed by atoms with E-state index in [-0.39, 0.29) is 6.42 Å². The molecular weight excluding hydrogens is 388 g/mol. The molecule has 0 bridgehead atoms. The molecule has 1 aliphatic rings. The molecule has 0 spiro atoms. The molecule has 2 heterocycles. The van der Waals surface area contributed by atoms with Crippen LogP contribution in [0.3, 0.4) is 0 Å². The molecule has 0 radical (unpaired) electrons. The summed E-state index contributed by atoms with van der Waals surface area (Å²) in [6, 6.07) is 16.7. The minimum absolute atomic E-state index is 0.196. The molecule has 1 atom stereocenters. The molecule has 3 aromatic rings. The number of anilines is 2. The molecule has 0 fully saturated rings. The monoisotopic (exact) mass is 410 g/mol. The number of aromatic nitrogens is 1. The Kier molecular flexibility index (Phi) is 4.80. The minimum atomic E-state index is -4.37. The zero-order chi connectivity index (χ0) is 20.8. The van der Waals surface area contributed by atoms with Crippen molar-refractivity contribution < 1.29 is 17.7 Å². The van der Waals surface area contributed by atoms with Crippen LogP contribution in [-0.4, -0.2) is 23.3 Å². The van der Waals surface area contributed by atoms with Crippen LogP contribution in [0, 0.1) is 13.8 Å². The third-order valence-electron chi connectivity index (χ3n) is 5.06. The highest BCUT2D eigenvalue weighted by molar-refractivity contribution is 7.86. The molecule has 6 nitrogen and oxygen atoms in total. The number of pyridine rings is 1. The van der Waals surface area contributed by atoms with Gasteiger partial charge in [-0.15, -0.1) is 0 Å². The lowest BCUT2D eigenvalue weighted by Crippen LogP contribution is -2.39. The van der Waals surface area contributed by atoms with Crippen molar-refractivity contribution in [2.24, 2.45) is 0 Å². The van der Waals surface area contributed by atoms with Crippen LogP contribution in [-0.2, 0) is 10.1 Å². The van der Waals surface area contributed by atoms with Crippen LogP contribution < -0.4 is 9.64 Å². The van der Waals surface area contributed by atoms with Gasteiger partial charge in [0.25, 0.3) is 10.1 Å². The third-order valence-corrected chi connectivity index (χ3v) is 6.29. The minimum Gasteiger partial charge on any atom is -0.453 e. The van der Waals surface area contributed by atoms with Gasteiger partial charge in [-0.3, -0.25) is 9.54 Å². The number of benzene rings is 2. The van der Waals surface area contributed by atoms with Crippen LogP contribution in [0.1, 0.15) is 24.6 Å². The van der Waals surface area contributed by atoms with Crippen LogP contribution in [0.4, 0.5) is 11.4 Å². The summed E-state index contributed by atoms with van der Waals surface area (Å²) in [6.07, 6.45) is 0.196. The van der Waals surface area contributed by atoms with Gasteiger partial charge in [0.15, 0.2) is 16.9 Å². The van der Waals surface area contributed by atoms with Crippen LogP contribution >= 0.6 is 0 Å². The molecule has 1 N–H and O–H groups in total. The molecule has 7 heteroatoms. The van der Waals surface area contributed by atoms with E-state index in [1.54, 1.807) is 30.0 Å². The molecule has 29 heavy (non-hydrogen) atoms. The molecule has 2 aromatic carbocycles. The topological polar surface area (TPSA) is 79.7 Å². The number of aryl methyl sites for hydroxylation is 2. The summed E-state index contributed by atoms with van der Waals surface area (Å²) in [5.41, 5.74) is 4.48. The predicted molar refractivity (Wildman–Crippen MR) is 113 cm³/mol. The van der Waals surface area contributed by atoms with Crippen molar-refractivity contribution in [2.75, 3.05) is 4.90 Å². The largest absolute Gasteiger partial charge is 0.453 e. The van der Waals surface area contributed by atoms with Crippen LogP contribution in [0.25, 0.3) is 11.3 Å². The number of fused-ring (bicyclic) bond motifs is 2. The zero-order valence-corrected chi connectivity index (χ0v) is 17.3. The van der Waals surface area contributed by atoms with Gasteiger partial charge < -0.3 is 9.64 Å². The summed E-state index contributed by atoms with van der Waals surface area (Å²) >= 11 is 0. The van der Waals surface area contributed by atoms with E-state index in [1.165, 1.54) is 0 Å². The van der Waals surface area contributed by atoms with Gasteiger partial charge in [-0.1, -0.05) is 37.3 Å². The number of rotatable bonds is 4. The Morgan fingerprint density at radius 2 is 1.76 bits per heavy atom. The van der Waals surface area contributed by atoms with Crippen molar-refractivity contribution in [3.05, 3.63) is 65.9 Å². The first kappa shape index (κ1) is 19.4. The van der Waals surface area contributed by atoms with Crippen LogP contribution in [0.2, 0.25) is 0 Å². The SMILES string of the molecule is CCC(N1c2ccccc2Oc2cccc(-c3nc(C)ccc3C)c21)S(=O)(=O)O. The van der Waals surface area contributed by atoms with E-state index in [1.807, 2.05) is 50.2 Å². The molecule has 0 aliphatic carbocycles. The van der Waals surface area contributed by atoms with E-state index in [4.69, 9.17) is 9.72 Å². The highest BCUT2D eigenvalue weighted by Gasteiger charge is 2.37. The van der Waals surface area contributed by atoms with Crippen molar-refractivity contribution in [1.82, 2.24) is 4.98 Å². The summed E-state index contributed by atoms with van der Waals surface area (Å²) in [7, 11) is -4.37. The zero-order valence-electron chi connectivity index (χ0n) is 16.5. The lowest BCUT2D eigenvalue weighted by atomic mass is 10.0. The normalized spacial score (nSPS) is 14.0. The molecule has 1 aliphatic heterocycles. The molecule has 4 rings (SSSR count). The maximum absolute atomic E-state index is 12.3. The number of nitrogens with zero attached hydrogens (tertiary/aromatic N) is 2. The summed E-state index contributed by atoms with van der Waals surface area (Å²) in [5, 5.41) is -1.16. The van der Waals surface area contributed by atoms with Crippen LogP contribution in [0.5, 0.6) is 11.5 Å². The Bertz CT molecular complexity index is 1190. The van der Waals surface area contributed by atoms with E-state index in [0.29, 0.717) is 22.9 Å². The molecule has 0 saturated carbocycles. The summed E-state index contributed by atoms with van der Waals surface area (Å²) < 4.78 is 40.7. The summed E-state index contributed by atoms with van der Waals surface area (Å²) in [4.78, 5) is 6.35. The fourth-order valence-electron chi connectivity index (χ4n) is 3.75. The number of hydrogen-bond donors (Lipinski definition) is 1. The second-order valence-electron chi connectivity index (χ2n) is 7.09. The first-order chi connectivity index (χ1) is 13.8. The standard InChI is InChI=1S/C22H22N2O4S/c1-4-20(29(25,26)27)24-17-9-5-6-10-18(17)28-19-11-7-8-16(22(19)24)21-14(2)12-13-15(3)23-21/h5-13,20H,4H2,1-3H3,(H,25,26,27). The average molecular weight is 410 g/mol. The molecule has 150 valence electrons. The number of para-hydroxylation sites is 3. The molecular formula is C22H22N2O4S. The highest BCUT2D eigenvalue weighted by Crippen LogP contribution is 2.52. The maximum Gasteiger partial charge on any atom is 0.286 e. The smallest absolute Gasteiger partial charge is 0.286 e. The molecule has 0 amide bonds. The van der Waals surface area contributed by atoms with Crippen molar-refractivity contribution in [2.45, 2.75) is 32.6 Å². The van der Waals surface area contributed by atoms with Gasteiger partial charge in [0.1, 0.15) is 0 Å². The Balaban J connectivity index is 2.05. The Morgan fingerprint density at radius 1 is 1.03 bits per heavy atom. The van der Waals surface area contributed by atoms with Crippen molar-refractivity contribution in [3.63, 3.8) is 0 Å². The third kappa shape index (κ3) is 3.36. The van der Waals surface area contributed by atoms with Gasteiger partial charge in [-0.2, -0.15) is 8.42 Å². The second kappa shape index (κ2) is 7.17. The van der Waals surface area contributed by atoms with Gasteiger partial charge in [-0.05, 0) is 50.1 Å². The van der Waals surface area contributed by atoms with Crippen molar-refractivity contribution in [1.29, 1.82) is 0 Å². The van der Waals surface area contributed by atoms with Gasteiger partial charge in [0.05, 0.1) is 17.1 Å². The first-order valence-corrected chi connectivity index (χ1v) is 10.9. The summed E-state index contributed by atoms with van der Waals surface area (Å²) in [6.45, 7) is 5.60. The quantitative estimate of drug-likeness (QED) is 0.593. The Hall–Kier alpha value is -2.90. The highest BCUT2D eigenvalue weighted by atomic mass is 32.2. The van der Waals surface area contributed by atoms with E-state index >= 15 is 0 Å². The van der Waals surface area contributed by atoms with Gasteiger partial charge in [0, 0.05) is 11.3 Å². The van der Waals surface area contributed by atoms with E-state index in [0.717, 1.165) is 22.5 Å². The lowest BCUT2D eigenvalue weighted by Gasteiger charge is -2.38. The number of ether oxygens (including phenoxy) is 1. The molecule has 0 saturated heterocycles. The lowest BCUT2D eigenvalue weighted by molar-refractivity contribution is 0.452. The Morgan fingerprint density at radius 3 is 2.48 bits per heavy atom. The van der Waals surface area contributed by atoms with Crippen molar-refractivity contribution >= 4 is 21.5 Å². The number of hydrogen-bond acceptors (Lipinski definition) is 5. The fourth-order valence-corrected chi connectivity index (χ4v) is 4.66. The van der Waals surface area contributed by atoms with Gasteiger partial charge in [-0.25, -0.2) is 0 Å². The maximum atomic E-state index is 12.3. The van der Waals surface area contributed by atoms with Crippen LogP contribution in [0.15, 0.2) is 54.6 Å². The average Bonchev–Trinajstić information content (AvgIpc) is 2.68. The molecule has 1 aromatic heterocycles. The van der Waals surface area contributed by atoms with E-state index < -0.39 is 15.5 Å². The van der Waals surface area contributed by atoms with Gasteiger partial charge in [0.2, 0.25) is 0 Å². The predicted octanol–water partition coefficient (Wildman–Crippen LogP) is 5.23. The first-order valence-electron chi connectivity index (χ1n) is 9.41. The van der Waals surface area contributed by atoms with E-state index in [2.05, 4.69) is 0 Å². The Labute approximate surface area is 170 Å².